The molecule has 1 saturated heterocycles. The zero-order chi connectivity index (χ0) is 19.0. The number of H-pyrrole nitrogens is 1. The van der Waals surface area contributed by atoms with Crippen LogP contribution in [0.5, 0.6) is 0 Å². The zero-order valence-corrected chi connectivity index (χ0v) is 15.9. The summed E-state index contributed by atoms with van der Waals surface area (Å²) in [6.45, 7) is 4.87. The normalized spacial score (nSPS) is 17.6. The van der Waals surface area contributed by atoms with Crippen molar-refractivity contribution in [3.63, 3.8) is 0 Å². The lowest BCUT2D eigenvalue weighted by Crippen LogP contribution is -2.37. The molecular weight excluding hydrogens is 333 g/mol. The highest BCUT2D eigenvalue weighted by atomic mass is 19.1. The molecule has 140 valence electrons. The van der Waals surface area contributed by atoms with Gasteiger partial charge in [0.25, 0.3) is 5.91 Å². The van der Waals surface area contributed by atoms with Crippen molar-refractivity contribution in [1.29, 1.82) is 0 Å². The summed E-state index contributed by atoms with van der Waals surface area (Å²) in [5.41, 5.74) is 2.45. The molecule has 2 amide bonds. The molecule has 5 nitrogen and oxygen atoms in total. The average molecular weight is 359 g/mol. The summed E-state index contributed by atoms with van der Waals surface area (Å²) in [5.74, 6) is -0.459. The molecule has 1 aromatic carbocycles. The van der Waals surface area contributed by atoms with Gasteiger partial charge in [0.15, 0.2) is 5.82 Å². The van der Waals surface area contributed by atoms with Crippen LogP contribution in [0.4, 0.5) is 4.39 Å². The van der Waals surface area contributed by atoms with E-state index in [4.69, 9.17) is 0 Å². The zero-order valence-electron chi connectivity index (χ0n) is 15.9. The topological polar surface area (TPSA) is 56.4 Å². The second kappa shape index (κ2) is 7.09. The molecule has 1 aliphatic heterocycles. The van der Waals surface area contributed by atoms with Crippen molar-refractivity contribution in [3.05, 3.63) is 34.8 Å². The van der Waals surface area contributed by atoms with Crippen molar-refractivity contribution < 1.29 is 14.0 Å². The maximum Gasteiger partial charge on any atom is 0.269 e. The second-order valence-electron chi connectivity index (χ2n) is 7.27. The van der Waals surface area contributed by atoms with Crippen molar-refractivity contribution in [2.45, 2.75) is 39.0 Å². The summed E-state index contributed by atoms with van der Waals surface area (Å²) in [5, 5.41) is 0.762. The molecule has 0 spiro atoms. The van der Waals surface area contributed by atoms with Crippen molar-refractivity contribution in [2.75, 3.05) is 27.2 Å². The van der Waals surface area contributed by atoms with Crippen molar-refractivity contribution >= 4 is 22.7 Å². The van der Waals surface area contributed by atoms with Gasteiger partial charge in [-0.3, -0.25) is 9.59 Å². The third-order valence-electron chi connectivity index (χ3n) is 5.29. The Kier molecular flexibility index (Phi) is 5.03. The summed E-state index contributed by atoms with van der Waals surface area (Å²) in [4.78, 5) is 30.2. The Labute approximate surface area is 153 Å². The van der Waals surface area contributed by atoms with E-state index in [1.54, 1.807) is 32.0 Å². The molecule has 1 aliphatic rings. The number of aromatic nitrogens is 1. The fourth-order valence-electron chi connectivity index (χ4n) is 3.82. The van der Waals surface area contributed by atoms with Crippen LogP contribution in [0.15, 0.2) is 12.1 Å². The Balaban J connectivity index is 2.08. The van der Waals surface area contributed by atoms with E-state index in [1.807, 2.05) is 13.0 Å². The van der Waals surface area contributed by atoms with Crippen molar-refractivity contribution in [1.82, 2.24) is 14.8 Å². The van der Waals surface area contributed by atoms with Crippen LogP contribution in [-0.2, 0) is 11.2 Å². The average Bonchev–Trinajstić information content (AvgIpc) is 3.07. The molecule has 1 aromatic heterocycles. The molecule has 1 N–H and O–H groups in total. The van der Waals surface area contributed by atoms with Gasteiger partial charge >= 0.3 is 0 Å². The van der Waals surface area contributed by atoms with Gasteiger partial charge in [-0.05, 0) is 36.5 Å². The van der Waals surface area contributed by atoms with Crippen LogP contribution in [0.2, 0.25) is 0 Å². The molecule has 1 atom stereocenters. The van der Waals surface area contributed by atoms with Gasteiger partial charge in [-0.15, -0.1) is 0 Å². The van der Waals surface area contributed by atoms with Gasteiger partial charge in [-0.2, -0.15) is 0 Å². The van der Waals surface area contributed by atoms with Crippen LogP contribution in [-0.4, -0.2) is 53.8 Å². The number of likely N-dealkylation sites (tertiary alicyclic amines) is 1. The van der Waals surface area contributed by atoms with Crippen LogP contribution in [0.3, 0.4) is 0 Å². The highest BCUT2D eigenvalue weighted by Crippen LogP contribution is 2.34. The number of benzene rings is 1. The number of aryl methyl sites for hydroxylation is 1. The van der Waals surface area contributed by atoms with Crippen LogP contribution in [0, 0.1) is 5.82 Å². The highest BCUT2D eigenvalue weighted by molar-refractivity contribution is 5.99. The van der Waals surface area contributed by atoms with Gasteiger partial charge in [-0.1, -0.05) is 13.0 Å². The summed E-state index contributed by atoms with van der Waals surface area (Å²) in [7, 11) is 3.35. The maximum absolute atomic E-state index is 15.3. The van der Waals surface area contributed by atoms with Crippen molar-refractivity contribution in [2.24, 2.45) is 0 Å². The van der Waals surface area contributed by atoms with Crippen molar-refractivity contribution in [3.8, 4) is 0 Å². The number of carbonyl (C=O) groups is 2. The number of fused-ring (bicyclic) bond motifs is 1. The smallest absolute Gasteiger partial charge is 0.269 e. The van der Waals surface area contributed by atoms with E-state index in [9.17, 15) is 9.59 Å². The lowest BCUT2D eigenvalue weighted by Gasteiger charge is -2.32. The number of nitrogens with zero attached hydrogens (tertiary/aromatic N) is 2. The first-order chi connectivity index (χ1) is 12.3. The second-order valence-corrected chi connectivity index (χ2v) is 7.27. The highest BCUT2D eigenvalue weighted by Gasteiger charge is 2.27. The van der Waals surface area contributed by atoms with E-state index in [0.717, 1.165) is 36.8 Å². The lowest BCUT2D eigenvalue weighted by molar-refractivity contribution is -0.130. The third-order valence-corrected chi connectivity index (χ3v) is 5.29. The quantitative estimate of drug-likeness (QED) is 0.914. The summed E-state index contributed by atoms with van der Waals surface area (Å²) in [6, 6.07) is 3.66. The Morgan fingerprint density at radius 2 is 2.08 bits per heavy atom. The first kappa shape index (κ1) is 18.4. The van der Waals surface area contributed by atoms with E-state index >= 15 is 4.39 Å². The fraction of sp³-hybridized carbons (Fsp3) is 0.500. The summed E-state index contributed by atoms with van der Waals surface area (Å²) in [6.07, 6.45) is 2.48. The monoisotopic (exact) mass is 359 g/mol. The molecule has 0 saturated carbocycles. The van der Waals surface area contributed by atoms with E-state index in [2.05, 4.69) is 4.98 Å². The largest absolute Gasteiger partial charge is 0.348 e. The Bertz CT molecular complexity index is 856. The number of halogens is 1. The van der Waals surface area contributed by atoms with Gasteiger partial charge in [-0.25, -0.2) is 4.39 Å². The van der Waals surface area contributed by atoms with Crippen LogP contribution < -0.4 is 0 Å². The number of amides is 2. The summed E-state index contributed by atoms with van der Waals surface area (Å²) >= 11 is 0. The molecule has 26 heavy (non-hydrogen) atoms. The molecule has 1 unspecified atom stereocenters. The molecule has 2 heterocycles. The predicted octanol–water partition coefficient (Wildman–Crippen LogP) is 3.30. The number of nitrogens with one attached hydrogen (secondary N) is 1. The van der Waals surface area contributed by atoms with Crippen LogP contribution in [0.1, 0.15) is 54.2 Å². The number of piperidine rings is 1. The minimum atomic E-state index is -0.301. The minimum absolute atomic E-state index is 0.0151. The minimum Gasteiger partial charge on any atom is -0.348 e. The number of hydrogen-bond acceptors (Lipinski definition) is 2. The Hall–Kier alpha value is -2.37. The van der Waals surface area contributed by atoms with Gasteiger partial charge in [0.1, 0.15) is 5.69 Å². The first-order valence-corrected chi connectivity index (χ1v) is 9.14. The van der Waals surface area contributed by atoms with Gasteiger partial charge < -0.3 is 14.8 Å². The predicted molar refractivity (Wildman–Crippen MR) is 99.9 cm³/mol. The van der Waals surface area contributed by atoms with E-state index in [0.29, 0.717) is 23.3 Å². The van der Waals surface area contributed by atoms with E-state index in [1.165, 1.54) is 4.90 Å². The van der Waals surface area contributed by atoms with E-state index in [-0.39, 0.29) is 23.5 Å². The number of carbonyl (C=O) groups excluding carboxylic acids is 2. The summed E-state index contributed by atoms with van der Waals surface area (Å²) < 4.78 is 15.3. The Morgan fingerprint density at radius 1 is 1.35 bits per heavy atom. The SMILES string of the molecule is CCc1cc(C2CCCN(C(C)=O)C2)c(F)c2[nH]c(C(=O)N(C)C)cc12. The standard InChI is InChI=1S/C20H26FN3O2/c1-5-13-9-15(14-7-6-8-24(11-14)12(2)25)18(21)19-16(13)10-17(22-19)20(26)23(3)4/h9-10,14,22H,5-8,11H2,1-4H3. The number of hydrogen-bond donors (Lipinski definition) is 1. The molecule has 0 aliphatic carbocycles. The lowest BCUT2D eigenvalue weighted by atomic mass is 9.88. The molecule has 3 rings (SSSR count). The first-order valence-electron chi connectivity index (χ1n) is 9.14. The van der Waals surface area contributed by atoms with Gasteiger partial charge in [0.2, 0.25) is 5.91 Å². The fourth-order valence-corrected chi connectivity index (χ4v) is 3.82. The van der Waals surface area contributed by atoms with Crippen LogP contribution >= 0.6 is 0 Å². The molecule has 6 heteroatoms. The third kappa shape index (κ3) is 3.20. The van der Waals surface area contributed by atoms with E-state index < -0.39 is 0 Å². The number of rotatable bonds is 3. The van der Waals surface area contributed by atoms with Gasteiger partial charge in [0, 0.05) is 45.4 Å². The molecule has 0 radical (unpaired) electrons. The maximum atomic E-state index is 15.3. The van der Waals surface area contributed by atoms with Gasteiger partial charge in [0.05, 0.1) is 5.52 Å². The number of aromatic amines is 1. The molecular formula is C20H26FN3O2. The molecule has 2 aromatic rings. The molecule has 0 bridgehead atoms. The van der Waals surface area contributed by atoms with Crippen LogP contribution in [0.25, 0.3) is 10.9 Å². The Morgan fingerprint density at radius 3 is 2.69 bits per heavy atom. The molecule has 1 fully saturated rings.